The molecule has 1 aromatic carbocycles. The van der Waals surface area contributed by atoms with E-state index in [0.29, 0.717) is 30.5 Å². The summed E-state index contributed by atoms with van der Waals surface area (Å²) in [6.07, 6.45) is 1.79. The third-order valence-electron chi connectivity index (χ3n) is 3.80. The number of thioether (sulfide) groups is 1. The fourth-order valence-corrected chi connectivity index (χ4v) is 3.71. The van der Waals surface area contributed by atoms with Gasteiger partial charge in [-0.3, -0.25) is 9.59 Å². The molecular weight excluding hydrogens is 342 g/mol. The number of methoxy groups -OCH3 is 1. The van der Waals surface area contributed by atoms with Crippen molar-refractivity contribution in [1.82, 2.24) is 4.90 Å². The molecule has 0 aromatic heterocycles. The largest absolute Gasteiger partial charge is 0.493 e. The van der Waals surface area contributed by atoms with E-state index in [1.165, 1.54) is 11.8 Å². The van der Waals surface area contributed by atoms with Gasteiger partial charge in [0, 0.05) is 0 Å². The topological polar surface area (TPSA) is 65.1 Å². The van der Waals surface area contributed by atoms with Gasteiger partial charge in [-0.2, -0.15) is 0 Å². The second-order valence-corrected chi connectivity index (χ2v) is 6.67. The fraction of sp³-hybridized carbons (Fsp3) is 0.556. The molecule has 138 valence electrons. The zero-order valence-electron chi connectivity index (χ0n) is 14.9. The Labute approximate surface area is 152 Å². The smallest absolute Gasteiger partial charge is 0.325 e. The maximum atomic E-state index is 12.2. The highest BCUT2D eigenvalue weighted by Gasteiger charge is 2.35. The van der Waals surface area contributed by atoms with Crippen LogP contribution in [-0.4, -0.2) is 49.4 Å². The minimum absolute atomic E-state index is 0.0315. The molecule has 0 spiro atoms. The lowest BCUT2D eigenvalue weighted by molar-refractivity contribution is -0.148. The van der Waals surface area contributed by atoms with Gasteiger partial charge in [-0.1, -0.05) is 19.4 Å². The Balaban J connectivity index is 2.12. The van der Waals surface area contributed by atoms with Gasteiger partial charge in [-0.15, -0.1) is 11.8 Å². The van der Waals surface area contributed by atoms with Crippen molar-refractivity contribution in [3.63, 3.8) is 0 Å². The standard InChI is InChI=1S/C18H25NO5S/c1-4-6-9-24-17(21)11-19-16(20)12-25-18(19)13-7-8-14(22-3)15(10-13)23-5-2/h7-8,10,18H,4-6,9,11-12H2,1-3H3. The van der Waals surface area contributed by atoms with Crippen LogP contribution in [0.15, 0.2) is 18.2 Å². The van der Waals surface area contributed by atoms with Crippen LogP contribution in [0.25, 0.3) is 0 Å². The summed E-state index contributed by atoms with van der Waals surface area (Å²) in [5.74, 6) is 1.20. The van der Waals surface area contributed by atoms with Gasteiger partial charge < -0.3 is 19.1 Å². The van der Waals surface area contributed by atoms with E-state index < -0.39 is 0 Å². The Morgan fingerprint density at radius 3 is 2.80 bits per heavy atom. The average molecular weight is 367 g/mol. The molecule has 1 saturated heterocycles. The first kappa shape index (κ1) is 19.4. The number of carbonyl (C=O) groups excluding carboxylic acids is 2. The zero-order chi connectivity index (χ0) is 18.2. The Bertz CT molecular complexity index is 607. The van der Waals surface area contributed by atoms with E-state index in [1.807, 2.05) is 32.0 Å². The molecule has 1 aliphatic rings. The van der Waals surface area contributed by atoms with Crippen LogP contribution in [0.3, 0.4) is 0 Å². The van der Waals surface area contributed by atoms with Gasteiger partial charge in [-0.25, -0.2) is 0 Å². The predicted octanol–water partition coefficient (Wildman–Crippen LogP) is 3.01. The molecule has 0 saturated carbocycles. The van der Waals surface area contributed by atoms with Crippen LogP contribution in [0, 0.1) is 0 Å². The fourth-order valence-electron chi connectivity index (χ4n) is 2.53. The van der Waals surface area contributed by atoms with Crippen molar-refractivity contribution in [2.75, 3.05) is 32.6 Å². The highest BCUT2D eigenvalue weighted by atomic mass is 32.2. The molecule has 7 heteroatoms. The van der Waals surface area contributed by atoms with Crippen molar-refractivity contribution >= 4 is 23.6 Å². The van der Waals surface area contributed by atoms with Gasteiger partial charge in [0.1, 0.15) is 11.9 Å². The number of benzene rings is 1. The van der Waals surface area contributed by atoms with Crippen LogP contribution in [0.5, 0.6) is 11.5 Å². The Kier molecular flexibility index (Phi) is 7.43. The number of hydrogen-bond acceptors (Lipinski definition) is 6. The van der Waals surface area contributed by atoms with Crippen molar-refractivity contribution in [3.05, 3.63) is 23.8 Å². The first-order valence-electron chi connectivity index (χ1n) is 8.48. The van der Waals surface area contributed by atoms with E-state index in [9.17, 15) is 9.59 Å². The number of rotatable bonds is 9. The van der Waals surface area contributed by atoms with Gasteiger partial charge in [0.05, 0.1) is 26.1 Å². The molecule has 1 heterocycles. The average Bonchev–Trinajstić information content (AvgIpc) is 2.96. The Hall–Kier alpha value is -1.89. The third kappa shape index (κ3) is 5.04. The van der Waals surface area contributed by atoms with Crippen LogP contribution in [0.4, 0.5) is 0 Å². The zero-order valence-corrected chi connectivity index (χ0v) is 15.8. The van der Waals surface area contributed by atoms with Gasteiger partial charge in [0.15, 0.2) is 11.5 Å². The number of nitrogens with zero attached hydrogens (tertiary/aromatic N) is 1. The van der Waals surface area contributed by atoms with Crippen molar-refractivity contribution in [1.29, 1.82) is 0 Å². The summed E-state index contributed by atoms with van der Waals surface area (Å²) < 4.78 is 16.1. The number of ether oxygens (including phenoxy) is 3. The van der Waals surface area contributed by atoms with E-state index >= 15 is 0 Å². The molecule has 1 fully saturated rings. The van der Waals surface area contributed by atoms with Crippen LogP contribution in [0.1, 0.15) is 37.6 Å². The summed E-state index contributed by atoms with van der Waals surface area (Å²) in [5, 5.41) is -0.226. The van der Waals surface area contributed by atoms with E-state index in [0.717, 1.165) is 18.4 Å². The van der Waals surface area contributed by atoms with Gasteiger partial charge in [0.25, 0.3) is 0 Å². The first-order valence-corrected chi connectivity index (χ1v) is 9.53. The van der Waals surface area contributed by atoms with E-state index in [-0.39, 0.29) is 23.8 Å². The predicted molar refractivity (Wildman–Crippen MR) is 96.9 cm³/mol. The van der Waals surface area contributed by atoms with Crippen LogP contribution >= 0.6 is 11.8 Å². The van der Waals surface area contributed by atoms with E-state index in [1.54, 1.807) is 12.0 Å². The number of amides is 1. The molecule has 0 bridgehead atoms. The molecule has 6 nitrogen and oxygen atoms in total. The number of unbranched alkanes of at least 4 members (excludes halogenated alkanes) is 1. The number of hydrogen-bond donors (Lipinski definition) is 0. The van der Waals surface area contributed by atoms with Crippen LogP contribution in [0.2, 0.25) is 0 Å². The first-order chi connectivity index (χ1) is 12.1. The highest BCUT2D eigenvalue weighted by molar-refractivity contribution is 8.00. The maximum absolute atomic E-state index is 12.2. The SMILES string of the molecule is CCCCOC(=O)CN1C(=O)CSC1c1ccc(OC)c(OCC)c1. The van der Waals surface area contributed by atoms with Gasteiger partial charge in [0.2, 0.25) is 5.91 Å². The summed E-state index contributed by atoms with van der Waals surface area (Å²) in [5.41, 5.74) is 0.904. The normalized spacial score (nSPS) is 16.8. The molecule has 0 N–H and O–H groups in total. The second-order valence-electron chi connectivity index (χ2n) is 5.60. The Morgan fingerprint density at radius 1 is 1.32 bits per heavy atom. The summed E-state index contributed by atoms with van der Waals surface area (Å²) >= 11 is 1.49. The van der Waals surface area contributed by atoms with Crippen molar-refractivity contribution in [2.24, 2.45) is 0 Å². The monoisotopic (exact) mass is 367 g/mol. The molecule has 25 heavy (non-hydrogen) atoms. The van der Waals surface area contributed by atoms with Crippen molar-refractivity contribution in [3.8, 4) is 11.5 Å². The highest BCUT2D eigenvalue weighted by Crippen LogP contribution is 2.41. The molecule has 1 unspecified atom stereocenters. The molecule has 1 aromatic rings. The summed E-state index contributed by atoms with van der Waals surface area (Å²) in [6, 6.07) is 5.59. The molecule has 0 radical (unpaired) electrons. The lowest BCUT2D eigenvalue weighted by atomic mass is 10.1. The summed E-state index contributed by atoms with van der Waals surface area (Å²) in [6.45, 7) is 4.81. The summed E-state index contributed by atoms with van der Waals surface area (Å²) in [4.78, 5) is 25.8. The lowest BCUT2D eigenvalue weighted by Crippen LogP contribution is -2.34. The molecular formula is C18H25NO5S. The van der Waals surface area contributed by atoms with E-state index in [2.05, 4.69) is 0 Å². The number of carbonyl (C=O) groups is 2. The van der Waals surface area contributed by atoms with Crippen molar-refractivity contribution in [2.45, 2.75) is 32.1 Å². The van der Waals surface area contributed by atoms with Crippen molar-refractivity contribution < 1.29 is 23.8 Å². The molecule has 2 rings (SSSR count). The minimum Gasteiger partial charge on any atom is -0.493 e. The molecule has 1 aliphatic heterocycles. The molecule has 1 atom stereocenters. The van der Waals surface area contributed by atoms with Crippen LogP contribution < -0.4 is 9.47 Å². The van der Waals surface area contributed by atoms with Gasteiger partial charge >= 0.3 is 5.97 Å². The van der Waals surface area contributed by atoms with E-state index in [4.69, 9.17) is 14.2 Å². The van der Waals surface area contributed by atoms with Gasteiger partial charge in [-0.05, 0) is 31.0 Å². The molecule has 0 aliphatic carbocycles. The maximum Gasteiger partial charge on any atom is 0.325 e. The quantitative estimate of drug-likeness (QED) is 0.494. The third-order valence-corrected chi connectivity index (χ3v) is 5.06. The summed E-state index contributed by atoms with van der Waals surface area (Å²) in [7, 11) is 1.59. The Morgan fingerprint density at radius 2 is 2.12 bits per heavy atom. The lowest BCUT2D eigenvalue weighted by Gasteiger charge is -2.24. The number of esters is 1. The second kappa shape index (κ2) is 9.56. The minimum atomic E-state index is -0.368. The molecule has 1 amide bonds. The van der Waals surface area contributed by atoms with Crippen LogP contribution in [-0.2, 0) is 14.3 Å².